The minimum absolute atomic E-state index is 0.0284. The Hall–Kier alpha value is -2.47. The third kappa shape index (κ3) is 7.41. The fraction of sp³-hybridized carbons (Fsp3) is 0.417. The smallest absolute Gasteiger partial charge is 0.242 e. The minimum Gasteiger partial charge on any atom is -0.497 e. The lowest BCUT2D eigenvalue weighted by Crippen LogP contribution is -2.49. The molecule has 0 aliphatic rings. The van der Waals surface area contributed by atoms with Crippen LogP contribution in [-0.2, 0) is 21.9 Å². The molecule has 0 heterocycles. The average molecular weight is 429 g/mol. The summed E-state index contributed by atoms with van der Waals surface area (Å²) in [4.78, 5) is 27.3. The van der Waals surface area contributed by atoms with Crippen molar-refractivity contribution in [3.05, 3.63) is 65.2 Å². The molecule has 6 heteroatoms. The van der Waals surface area contributed by atoms with E-state index in [9.17, 15) is 9.59 Å². The Morgan fingerprint density at radius 1 is 1.00 bits per heavy atom. The van der Waals surface area contributed by atoms with Crippen LogP contribution in [0.4, 0.5) is 0 Å². The van der Waals surface area contributed by atoms with Gasteiger partial charge in [-0.15, -0.1) is 11.8 Å². The molecule has 0 fully saturated rings. The van der Waals surface area contributed by atoms with Crippen LogP contribution < -0.4 is 10.1 Å². The summed E-state index contributed by atoms with van der Waals surface area (Å²) in [6.07, 6.45) is 0. The normalized spacial score (nSPS) is 11.8. The number of amides is 2. The third-order valence-electron chi connectivity index (χ3n) is 4.73. The molecule has 2 aromatic carbocycles. The number of carbonyl (C=O) groups excluding carboxylic acids is 2. The van der Waals surface area contributed by atoms with Crippen molar-refractivity contribution in [2.24, 2.45) is 0 Å². The molecule has 2 aromatic rings. The number of thioether (sulfide) groups is 1. The number of carbonyl (C=O) groups is 2. The summed E-state index contributed by atoms with van der Waals surface area (Å²) in [6.45, 7) is 8.07. The van der Waals surface area contributed by atoms with Crippen LogP contribution >= 0.6 is 11.8 Å². The van der Waals surface area contributed by atoms with Gasteiger partial charge in [-0.25, -0.2) is 0 Å². The van der Waals surface area contributed by atoms with E-state index in [1.807, 2.05) is 69.3 Å². The molecule has 0 aromatic heterocycles. The monoisotopic (exact) mass is 428 g/mol. The number of rotatable bonds is 10. The van der Waals surface area contributed by atoms with E-state index in [-0.39, 0.29) is 17.9 Å². The Kier molecular flexibility index (Phi) is 9.24. The van der Waals surface area contributed by atoms with Gasteiger partial charge >= 0.3 is 0 Å². The van der Waals surface area contributed by atoms with Crippen molar-refractivity contribution < 1.29 is 14.3 Å². The summed E-state index contributed by atoms with van der Waals surface area (Å²) >= 11 is 1.55. The van der Waals surface area contributed by atoms with E-state index in [0.29, 0.717) is 12.3 Å². The Morgan fingerprint density at radius 2 is 1.60 bits per heavy atom. The van der Waals surface area contributed by atoms with Gasteiger partial charge in [0.05, 0.1) is 12.9 Å². The molecule has 162 valence electrons. The maximum Gasteiger partial charge on any atom is 0.242 e. The number of hydrogen-bond acceptors (Lipinski definition) is 4. The molecule has 0 saturated heterocycles. The van der Waals surface area contributed by atoms with Gasteiger partial charge in [0.15, 0.2) is 0 Å². The number of hydrogen-bond donors (Lipinski definition) is 1. The largest absolute Gasteiger partial charge is 0.497 e. The fourth-order valence-electron chi connectivity index (χ4n) is 2.94. The van der Waals surface area contributed by atoms with Crippen LogP contribution in [0.5, 0.6) is 5.75 Å². The maximum atomic E-state index is 13.0. The Balaban J connectivity index is 2.04. The number of methoxy groups -OCH3 is 1. The quantitative estimate of drug-likeness (QED) is 0.617. The van der Waals surface area contributed by atoms with E-state index < -0.39 is 6.04 Å². The van der Waals surface area contributed by atoms with Crippen LogP contribution in [0.2, 0.25) is 0 Å². The van der Waals surface area contributed by atoms with Gasteiger partial charge < -0.3 is 15.0 Å². The van der Waals surface area contributed by atoms with E-state index in [1.165, 1.54) is 0 Å². The Labute approximate surface area is 184 Å². The lowest BCUT2D eigenvalue weighted by atomic mass is 10.1. The van der Waals surface area contributed by atoms with E-state index >= 15 is 0 Å². The number of aryl methyl sites for hydroxylation is 1. The highest BCUT2D eigenvalue weighted by atomic mass is 32.2. The van der Waals surface area contributed by atoms with Crippen LogP contribution in [-0.4, -0.2) is 41.7 Å². The van der Waals surface area contributed by atoms with Crippen molar-refractivity contribution >= 4 is 23.6 Å². The zero-order valence-electron chi connectivity index (χ0n) is 18.5. The molecule has 2 amide bonds. The number of nitrogens with zero attached hydrogens (tertiary/aromatic N) is 1. The zero-order chi connectivity index (χ0) is 22.1. The molecule has 0 bridgehead atoms. The third-order valence-corrected chi connectivity index (χ3v) is 5.71. The second-order valence-corrected chi connectivity index (χ2v) is 8.67. The summed E-state index contributed by atoms with van der Waals surface area (Å²) in [7, 11) is 1.64. The molecule has 2 rings (SSSR count). The summed E-state index contributed by atoms with van der Waals surface area (Å²) in [5, 5.41) is 2.91. The predicted octanol–water partition coefficient (Wildman–Crippen LogP) is 4.18. The van der Waals surface area contributed by atoms with Crippen molar-refractivity contribution in [2.75, 3.05) is 12.9 Å². The molecule has 1 N–H and O–H groups in total. The SMILES string of the molecule is COc1ccc(CSCC(=O)N(Cc2ccc(C)cc2)[C@@H](C)C(=O)NC(C)C)cc1. The van der Waals surface area contributed by atoms with Crippen LogP contribution in [0.25, 0.3) is 0 Å². The van der Waals surface area contributed by atoms with Gasteiger partial charge in [0.2, 0.25) is 11.8 Å². The maximum absolute atomic E-state index is 13.0. The molecule has 30 heavy (non-hydrogen) atoms. The lowest BCUT2D eigenvalue weighted by Gasteiger charge is -2.29. The van der Waals surface area contributed by atoms with Crippen molar-refractivity contribution in [3.8, 4) is 5.75 Å². The van der Waals surface area contributed by atoms with Crippen molar-refractivity contribution in [1.82, 2.24) is 10.2 Å². The van der Waals surface area contributed by atoms with E-state index in [2.05, 4.69) is 5.32 Å². The highest BCUT2D eigenvalue weighted by Gasteiger charge is 2.26. The first-order valence-electron chi connectivity index (χ1n) is 10.2. The minimum atomic E-state index is -0.539. The second-order valence-electron chi connectivity index (χ2n) is 7.69. The molecule has 0 unspecified atom stereocenters. The van der Waals surface area contributed by atoms with Gasteiger partial charge in [-0.05, 0) is 51.0 Å². The summed E-state index contributed by atoms with van der Waals surface area (Å²) in [5.41, 5.74) is 3.31. The molecule has 1 atom stereocenters. The summed E-state index contributed by atoms with van der Waals surface area (Å²) in [6, 6.07) is 15.4. The van der Waals surface area contributed by atoms with Gasteiger partial charge in [0.1, 0.15) is 11.8 Å². The van der Waals surface area contributed by atoms with Crippen LogP contribution in [0.3, 0.4) is 0 Å². The Bertz CT molecular complexity index is 819. The van der Waals surface area contributed by atoms with Gasteiger partial charge in [-0.1, -0.05) is 42.0 Å². The molecule has 0 radical (unpaired) electrons. The lowest BCUT2D eigenvalue weighted by molar-refractivity contribution is -0.138. The molecular weight excluding hydrogens is 396 g/mol. The Morgan fingerprint density at radius 3 is 2.17 bits per heavy atom. The number of benzene rings is 2. The molecule has 5 nitrogen and oxygen atoms in total. The topological polar surface area (TPSA) is 58.6 Å². The first kappa shape index (κ1) is 23.8. The molecule has 0 saturated carbocycles. The molecule has 0 aliphatic carbocycles. The van der Waals surface area contributed by atoms with Gasteiger partial charge in [-0.3, -0.25) is 9.59 Å². The van der Waals surface area contributed by atoms with Crippen LogP contribution in [0.1, 0.15) is 37.5 Å². The number of ether oxygens (including phenoxy) is 1. The second kappa shape index (κ2) is 11.6. The zero-order valence-corrected chi connectivity index (χ0v) is 19.3. The highest BCUT2D eigenvalue weighted by Crippen LogP contribution is 2.18. The first-order valence-corrected chi connectivity index (χ1v) is 11.3. The van der Waals surface area contributed by atoms with E-state index in [0.717, 1.165) is 28.2 Å². The highest BCUT2D eigenvalue weighted by molar-refractivity contribution is 7.99. The molecule has 0 spiro atoms. The van der Waals surface area contributed by atoms with Crippen LogP contribution in [0, 0.1) is 6.92 Å². The molecule has 0 aliphatic heterocycles. The first-order chi connectivity index (χ1) is 14.3. The average Bonchev–Trinajstić information content (AvgIpc) is 2.72. The van der Waals surface area contributed by atoms with Gasteiger partial charge in [0.25, 0.3) is 0 Å². The van der Waals surface area contributed by atoms with Gasteiger partial charge in [0, 0.05) is 18.3 Å². The van der Waals surface area contributed by atoms with Gasteiger partial charge in [-0.2, -0.15) is 0 Å². The van der Waals surface area contributed by atoms with Crippen molar-refractivity contribution in [3.63, 3.8) is 0 Å². The fourth-order valence-corrected chi connectivity index (χ4v) is 3.81. The van der Waals surface area contributed by atoms with Crippen molar-refractivity contribution in [1.29, 1.82) is 0 Å². The standard InChI is InChI=1S/C24H32N2O3S/c1-17(2)25-24(28)19(4)26(14-20-8-6-18(3)7-9-20)23(27)16-30-15-21-10-12-22(29-5)13-11-21/h6-13,17,19H,14-16H2,1-5H3,(H,25,28)/t19-/m0/s1. The van der Waals surface area contributed by atoms with Crippen LogP contribution in [0.15, 0.2) is 48.5 Å². The van der Waals surface area contributed by atoms with Crippen molar-refractivity contribution in [2.45, 2.75) is 52.1 Å². The summed E-state index contributed by atoms with van der Waals surface area (Å²) in [5.74, 6) is 1.68. The predicted molar refractivity (Wildman–Crippen MR) is 124 cm³/mol. The van der Waals surface area contributed by atoms with E-state index in [4.69, 9.17) is 4.74 Å². The summed E-state index contributed by atoms with van der Waals surface area (Å²) < 4.78 is 5.18. The number of nitrogens with one attached hydrogen (secondary N) is 1. The van der Waals surface area contributed by atoms with E-state index in [1.54, 1.807) is 30.7 Å². The molecular formula is C24H32N2O3S.